The van der Waals surface area contributed by atoms with Gasteiger partial charge in [-0.25, -0.2) is 27.7 Å². The van der Waals surface area contributed by atoms with Crippen molar-refractivity contribution in [3.05, 3.63) is 29.8 Å². The van der Waals surface area contributed by atoms with Crippen molar-refractivity contribution in [3.63, 3.8) is 0 Å². The van der Waals surface area contributed by atoms with Crippen LogP contribution in [0, 0.1) is 5.92 Å². The third kappa shape index (κ3) is 3.40. The number of carbonyl (C=O) groups is 2. The van der Waals surface area contributed by atoms with Gasteiger partial charge in [0, 0.05) is 12.1 Å². The van der Waals surface area contributed by atoms with Crippen molar-refractivity contribution in [1.82, 2.24) is 9.73 Å². The third-order valence-corrected chi connectivity index (χ3v) is 5.16. The molecular weight excluding hydrogens is 334 g/mol. The molecule has 1 aromatic rings. The van der Waals surface area contributed by atoms with Crippen LogP contribution in [0.5, 0.6) is 0 Å². The van der Waals surface area contributed by atoms with E-state index in [0.717, 1.165) is 12.1 Å². The number of benzene rings is 1. The fraction of sp³-hybridized carbons (Fsp3) is 0.400. The number of rotatable bonds is 4. The van der Waals surface area contributed by atoms with Crippen LogP contribution in [-0.2, 0) is 14.8 Å². The van der Waals surface area contributed by atoms with Crippen LogP contribution in [0.25, 0.3) is 0 Å². The summed E-state index contributed by atoms with van der Waals surface area (Å²) in [5, 5.41) is 5.07. The predicted octanol–water partition coefficient (Wildman–Crippen LogP) is 1.59. The Morgan fingerprint density at radius 1 is 1.33 bits per heavy atom. The van der Waals surface area contributed by atoms with Gasteiger partial charge in [0.15, 0.2) is 0 Å². The van der Waals surface area contributed by atoms with Crippen LogP contribution in [-0.4, -0.2) is 44.8 Å². The Bertz CT molecular complexity index is 775. The lowest BCUT2D eigenvalue weighted by atomic mass is 10.0. The average Bonchev–Trinajstić information content (AvgIpc) is 2.94. The molecule has 9 heteroatoms. The summed E-state index contributed by atoms with van der Waals surface area (Å²) in [5.41, 5.74) is -0.148. The van der Waals surface area contributed by atoms with Gasteiger partial charge in [0.1, 0.15) is 4.90 Å². The minimum atomic E-state index is -4.25. The van der Waals surface area contributed by atoms with Gasteiger partial charge < -0.3 is 4.74 Å². The monoisotopic (exact) mass is 353 g/mol. The molecule has 0 aromatic heterocycles. The van der Waals surface area contributed by atoms with Crippen LogP contribution >= 0.6 is 0 Å². The van der Waals surface area contributed by atoms with E-state index in [4.69, 9.17) is 0 Å². The molecule has 0 radical (unpaired) electrons. The summed E-state index contributed by atoms with van der Waals surface area (Å²) in [6.07, 6.45) is 2.23. The molecule has 130 valence electrons. The van der Waals surface area contributed by atoms with E-state index in [1.807, 2.05) is 18.6 Å². The SMILES string of the molecule is CCC1C(C)C=NN1C(=O)NS(=O)(=O)c1ccccc1C(=O)OC. The molecule has 8 nitrogen and oxygen atoms in total. The van der Waals surface area contributed by atoms with Crippen molar-refractivity contribution < 1.29 is 22.7 Å². The van der Waals surface area contributed by atoms with Crippen LogP contribution in [0.15, 0.2) is 34.3 Å². The lowest BCUT2D eigenvalue weighted by Crippen LogP contribution is -2.44. The van der Waals surface area contributed by atoms with Crippen LogP contribution in [0.4, 0.5) is 4.79 Å². The molecule has 0 aliphatic carbocycles. The molecule has 2 rings (SSSR count). The minimum absolute atomic E-state index is 0.0332. The van der Waals surface area contributed by atoms with Gasteiger partial charge in [-0.05, 0) is 18.6 Å². The van der Waals surface area contributed by atoms with Gasteiger partial charge in [-0.1, -0.05) is 26.0 Å². The molecule has 1 aliphatic rings. The Hall–Kier alpha value is -2.42. The molecule has 0 fully saturated rings. The molecule has 2 amide bonds. The molecular formula is C15H19N3O5S. The van der Waals surface area contributed by atoms with Gasteiger partial charge in [-0.3, -0.25) is 0 Å². The van der Waals surface area contributed by atoms with Gasteiger partial charge in [0.2, 0.25) is 0 Å². The Labute approximate surface area is 140 Å². The number of sulfonamides is 1. The fourth-order valence-electron chi connectivity index (χ4n) is 2.53. The van der Waals surface area contributed by atoms with Gasteiger partial charge in [-0.2, -0.15) is 5.10 Å². The number of nitrogens with zero attached hydrogens (tertiary/aromatic N) is 2. The van der Waals surface area contributed by atoms with E-state index in [9.17, 15) is 18.0 Å². The summed E-state index contributed by atoms with van der Waals surface area (Å²) in [7, 11) is -3.10. The highest BCUT2D eigenvalue weighted by Crippen LogP contribution is 2.21. The normalized spacial score (nSPS) is 20.0. The zero-order valence-corrected chi connectivity index (χ0v) is 14.4. The summed E-state index contributed by atoms with van der Waals surface area (Å²) in [6, 6.07) is 4.44. The van der Waals surface area contributed by atoms with E-state index < -0.39 is 22.0 Å². The number of carbonyl (C=O) groups excluding carboxylic acids is 2. The second-order valence-electron chi connectivity index (χ2n) is 5.34. The van der Waals surface area contributed by atoms with E-state index in [2.05, 4.69) is 9.84 Å². The standard InChI is InChI=1S/C15H19N3O5S/c1-4-12-10(2)9-16-18(12)15(20)17-24(21,22)13-8-6-5-7-11(13)14(19)23-3/h5-10,12H,4H2,1-3H3,(H,17,20). The quantitative estimate of drug-likeness (QED) is 0.828. The first-order valence-electron chi connectivity index (χ1n) is 7.39. The fourth-order valence-corrected chi connectivity index (χ4v) is 3.66. The zero-order valence-electron chi connectivity index (χ0n) is 13.6. The second-order valence-corrected chi connectivity index (χ2v) is 6.99. The second kappa shape index (κ2) is 7.00. The minimum Gasteiger partial charge on any atom is -0.465 e. The third-order valence-electron chi connectivity index (χ3n) is 3.78. The summed E-state index contributed by atoms with van der Waals surface area (Å²) < 4.78 is 31.5. The van der Waals surface area contributed by atoms with Crippen molar-refractivity contribution >= 4 is 28.2 Å². The number of hydrogen-bond acceptors (Lipinski definition) is 6. The first kappa shape index (κ1) is 17.9. The van der Waals surface area contributed by atoms with E-state index in [1.54, 1.807) is 6.21 Å². The molecule has 1 heterocycles. The zero-order chi connectivity index (χ0) is 17.9. The largest absolute Gasteiger partial charge is 0.465 e. The molecule has 2 atom stereocenters. The van der Waals surface area contributed by atoms with E-state index in [1.165, 1.54) is 24.3 Å². The summed E-state index contributed by atoms with van der Waals surface area (Å²) in [6.45, 7) is 3.78. The number of hydrazone groups is 1. The van der Waals surface area contributed by atoms with Gasteiger partial charge in [0.25, 0.3) is 10.0 Å². The molecule has 1 aliphatic heterocycles. The van der Waals surface area contributed by atoms with Gasteiger partial charge >= 0.3 is 12.0 Å². The number of nitrogens with one attached hydrogen (secondary N) is 1. The highest BCUT2D eigenvalue weighted by atomic mass is 32.2. The maximum absolute atomic E-state index is 12.5. The Balaban J connectivity index is 2.28. The molecule has 0 saturated carbocycles. The molecule has 1 N–H and O–H groups in total. The lowest BCUT2D eigenvalue weighted by molar-refractivity contribution is 0.0596. The number of hydrogen-bond donors (Lipinski definition) is 1. The first-order valence-corrected chi connectivity index (χ1v) is 8.87. The van der Waals surface area contributed by atoms with Crippen molar-refractivity contribution in [2.45, 2.75) is 31.2 Å². The van der Waals surface area contributed by atoms with Gasteiger partial charge in [0.05, 0.1) is 18.7 Å². The Morgan fingerprint density at radius 2 is 2.00 bits per heavy atom. The average molecular weight is 353 g/mol. The number of esters is 1. The molecule has 0 bridgehead atoms. The molecule has 2 unspecified atom stereocenters. The van der Waals surface area contributed by atoms with E-state index >= 15 is 0 Å². The summed E-state index contributed by atoms with van der Waals surface area (Å²) in [4.78, 5) is 23.7. The van der Waals surface area contributed by atoms with Crippen molar-refractivity contribution in [2.24, 2.45) is 11.0 Å². The Morgan fingerprint density at radius 3 is 2.62 bits per heavy atom. The maximum Gasteiger partial charge on any atom is 0.351 e. The van der Waals surface area contributed by atoms with Gasteiger partial charge in [-0.15, -0.1) is 0 Å². The van der Waals surface area contributed by atoms with Crippen LogP contribution in [0.2, 0.25) is 0 Å². The number of ether oxygens (including phenoxy) is 1. The highest BCUT2D eigenvalue weighted by molar-refractivity contribution is 7.90. The molecule has 0 spiro atoms. The van der Waals surface area contributed by atoms with Crippen molar-refractivity contribution in [1.29, 1.82) is 0 Å². The first-order chi connectivity index (χ1) is 11.3. The van der Waals surface area contributed by atoms with Crippen LogP contribution < -0.4 is 4.72 Å². The highest BCUT2D eigenvalue weighted by Gasteiger charge is 2.34. The number of amides is 2. The number of urea groups is 1. The smallest absolute Gasteiger partial charge is 0.351 e. The molecule has 0 saturated heterocycles. The van der Waals surface area contributed by atoms with E-state index in [0.29, 0.717) is 6.42 Å². The predicted molar refractivity (Wildman–Crippen MR) is 87.1 cm³/mol. The topological polar surface area (TPSA) is 105 Å². The summed E-state index contributed by atoms with van der Waals surface area (Å²) >= 11 is 0. The molecule has 1 aromatic carbocycles. The van der Waals surface area contributed by atoms with E-state index in [-0.39, 0.29) is 22.4 Å². The Kier molecular flexibility index (Phi) is 5.23. The summed E-state index contributed by atoms with van der Waals surface area (Å²) in [5.74, 6) is -0.770. The maximum atomic E-state index is 12.5. The van der Waals surface area contributed by atoms with Crippen molar-refractivity contribution in [2.75, 3.05) is 7.11 Å². The van der Waals surface area contributed by atoms with Crippen LogP contribution in [0.1, 0.15) is 30.6 Å². The lowest BCUT2D eigenvalue weighted by Gasteiger charge is -2.23. The molecule has 24 heavy (non-hydrogen) atoms. The number of methoxy groups -OCH3 is 1. The van der Waals surface area contributed by atoms with Crippen molar-refractivity contribution in [3.8, 4) is 0 Å². The van der Waals surface area contributed by atoms with Crippen LogP contribution in [0.3, 0.4) is 0 Å².